The molecule has 414 valence electrons. The Hall–Kier alpha value is -8.10. The zero-order chi connectivity index (χ0) is 57.5. The molecule has 3 aromatic carbocycles. The van der Waals surface area contributed by atoms with E-state index in [1.54, 1.807) is 69.2 Å². The minimum atomic E-state index is -1.68. The van der Waals surface area contributed by atoms with Crippen LogP contribution in [0.4, 0.5) is 14.4 Å². The van der Waals surface area contributed by atoms with Gasteiger partial charge in [0.2, 0.25) is 17.7 Å². The molecule has 5 N–H and O–H groups in total. The molecule has 0 spiro atoms. The van der Waals surface area contributed by atoms with E-state index >= 15 is 4.79 Å². The molecular weight excluding hydrogens is 995 g/mol. The summed E-state index contributed by atoms with van der Waals surface area (Å²) in [5.41, 5.74) is -0.523. The summed E-state index contributed by atoms with van der Waals surface area (Å²) >= 11 is 0. The first kappa shape index (κ1) is 59.8. The van der Waals surface area contributed by atoms with Crippen LogP contribution in [-0.2, 0) is 45.2 Å². The quantitative estimate of drug-likeness (QED) is 0.0542. The number of hydrogen-bond donors (Lipinski definition) is 5. The molecule has 5 rings (SSSR count). The maximum absolute atomic E-state index is 15.1. The molecule has 0 aliphatic carbocycles. The van der Waals surface area contributed by atoms with Crippen LogP contribution in [0.1, 0.15) is 135 Å². The summed E-state index contributed by atoms with van der Waals surface area (Å²) in [6.45, 7) is 23.7. The van der Waals surface area contributed by atoms with Gasteiger partial charge in [-0.25, -0.2) is 29.1 Å². The maximum atomic E-state index is 15.1. The number of aromatic nitrogens is 2. The lowest BCUT2D eigenvalue weighted by atomic mass is 9.87. The van der Waals surface area contributed by atoms with Gasteiger partial charge in [-0.15, -0.1) is 0 Å². The molecule has 0 fully saturated rings. The number of fused-ring (bicyclic) bond motifs is 5. The summed E-state index contributed by atoms with van der Waals surface area (Å²) in [5, 5.41) is 20.7. The molecule has 21 nitrogen and oxygen atoms in total. The van der Waals surface area contributed by atoms with Crippen LogP contribution < -0.4 is 30.7 Å². The molecule has 77 heavy (non-hydrogen) atoms. The third kappa shape index (κ3) is 16.9. The fourth-order valence-electron chi connectivity index (χ4n) is 7.83. The summed E-state index contributed by atoms with van der Waals surface area (Å²) in [5.74, 6) is -4.88. The van der Waals surface area contributed by atoms with Crippen molar-refractivity contribution in [1.82, 2.24) is 36.1 Å². The number of rotatable bonds is 11. The first-order valence-electron chi connectivity index (χ1n) is 25.0. The Bertz CT molecular complexity index is 2890. The molecule has 0 unspecified atom stereocenters. The molecule has 0 radical (unpaired) electrons. The molecule has 4 atom stereocenters. The Morgan fingerprint density at radius 3 is 1.84 bits per heavy atom. The van der Waals surface area contributed by atoms with Gasteiger partial charge < -0.3 is 55.0 Å². The predicted octanol–water partition coefficient (Wildman–Crippen LogP) is 7.89. The number of likely N-dealkylation sites (N-methyl/N-ethyl adjacent to an activating group) is 1. The molecule has 1 aliphatic rings. The Balaban J connectivity index is 1.66. The van der Waals surface area contributed by atoms with Crippen LogP contribution >= 0.6 is 0 Å². The van der Waals surface area contributed by atoms with Crippen molar-refractivity contribution in [2.45, 2.75) is 156 Å². The maximum Gasteiger partial charge on any atom is 0.514 e. The minimum absolute atomic E-state index is 0.0103. The van der Waals surface area contributed by atoms with Gasteiger partial charge in [-0.1, -0.05) is 57.2 Å². The second-order valence-electron chi connectivity index (χ2n) is 22.7. The molecule has 2 heterocycles. The lowest BCUT2D eigenvalue weighted by Crippen LogP contribution is -2.55. The third-order valence-corrected chi connectivity index (χ3v) is 11.5. The first-order valence-corrected chi connectivity index (χ1v) is 25.0. The number of carbonyl (C=O) groups is 8. The van der Waals surface area contributed by atoms with E-state index in [1.807, 2.05) is 24.3 Å². The molecule has 0 saturated carbocycles. The zero-order valence-corrected chi connectivity index (χ0v) is 46.4. The van der Waals surface area contributed by atoms with Gasteiger partial charge in [0.15, 0.2) is 5.82 Å². The minimum Gasteiger partial charge on any atom is -0.480 e. The van der Waals surface area contributed by atoms with Gasteiger partial charge in [0, 0.05) is 42.9 Å². The summed E-state index contributed by atoms with van der Waals surface area (Å²) in [6, 6.07) is 9.98. The van der Waals surface area contributed by atoms with Crippen LogP contribution in [0.5, 0.6) is 11.5 Å². The number of alkyl carbamates (subject to hydrolysis) is 1. The monoisotopic (exact) mass is 1070 g/mol. The van der Waals surface area contributed by atoms with E-state index < -0.39 is 89.0 Å². The Labute approximate surface area is 448 Å². The van der Waals surface area contributed by atoms with Crippen LogP contribution in [-0.4, -0.2) is 116 Å². The summed E-state index contributed by atoms with van der Waals surface area (Å²) < 4.78 is 27.8. The molecule has 21 heteroatoms. The molecule has 5 amide bonds. The Morgan fingerprint density at radius 2 is 1.31 bits per heavy atom. The summed E-state index contributed by atoms with van der Waals surface area (Å²) in [4.78, 5) is 120. The van der Waals surface area contributed by atoms with Gasteiger partial charge in [0.25, 0.3) is 5.91 Å². The largest absolute Gasteiger partial charge is 0.514 e. The summed E-state index contributed by atoms with van der Waals surface area (Å²) in [7, 11) is 1.28. The van der Waals surface area contributed by atoms with E-state index in [0.29, 0.717) is 17.0 Å². The highest BCUT2D eigenvalue weighted by molar-refractivity contribution is 6.00. The van der Waals surface area contributed by atoms with Crippen molar-refractivity contribution in [2.75, 3.05) is 13.6 Å². The van der Waals surface area contributed by atoms with Crippen LogP contribution in [0.2, 0.25) is 0 Å². The van der Waals surface area contributed by atoms with Gasteiger partial charge in [-0.3, -0.25) is 19.2 Å². The number of carboxylic acids is 1. The average molecular weight is 1070 g/mol. The molecule has 4 aromatic rings. The van der Waals surface area contributed by atoms with Crippen LogP contribution in [0, 0.1) is 6.92 Å². The van der Waals surface area contributed by atoms with E-state index in [0.717, 1.165) is 10.5 Å². The fraction of sp³-hybridized carbons (Fsp3) is 0.464. The number of benzene rings is 3. The number of ether oxygens (including phenoxy) is 5. The van der Waals surface area contributed by atoms with Crippen molar-refractivity contribution in [3.63, 3.8) is 0 Å². The van der Waals surface area contributed by atoms with Crippen LogP contribution in [0.3, 0.4) is 0 Å². The number of hydrogen-bond acceptors (Lipinski definition) is 15. The van der Waals surface area contributed by atoms with Crippen molar-refractivity contribution in [2.24, 2.45) is 0 Å². The van der Waals surface area contributed by atoms with E-state index in [2.05, 4.69) is 52.0 Å². The van der Waals surface area contributed by atoms with E-state index in [9.17, 15) is 38.7 Å². The normalized spacial score (nSPS) is 16.5. The Kier molecular flexibility index (Phi) is 18.5. The highest BCUT2D eigenvalue weighted by Gasteiger charge is 2.37. The van der Waals surface area contributed by atoms with Crippen LogP contribution in [0.15, 0.2) is 66.9 Å². The smallest absolute Gasteiger partial charge is 0.480 e. The van der Waals surface area contributed by atoms with E-state index in [1.165, 1.54) is 56.6 Å². The van der Waals surface area contributed by atoms with Gasteiger partial charge >= 0.3 is 24.4 Å². The van der Waals surface area contributed by atoms with Gasteiger partial charge in [-0.05, 0) is 129 Å². The topological polar surface area (TPSA) is 280 Å². The molecule has 1 aromatic heterocycles. The highest BCUT2D eigenvalue weighted by Crippen LogP contribution is 2.41. The molecule has 0 saturated heterocycles. The fourth-order valence-corrected chi connectivity index (χ4v) is 7.83. The average Bonchev–Trinajstić information content (AvgIpc) is 3.29. The van der Waals surface area contributed by atoms with E-state index in [-0.39, 0.29) is 64.2 Å². The standard InChI is InChI=1S/C56H71N7O14/c1-30-38(29-58-44(59-30)33-17-20-35(21-18-33)53(3,4)5)46(65)61-39(24-25-57-50(70)75-54(6,7)8)48(67)63(15)43-34-19-23-42(74-52(72)77-56(12,13)14)37(28-34)36-26-32(16-22-41(36)73-51(71)76-55(9,10)11)27-40(49(68)69)62-45(64)31(2)60-47(43)66/h16-23,26,28-29,31,39-40,43H,24-25,27H2,1-15H3,(H,57,70)(H,60,66)(H,61,65)(H,62,64)(H,68,69)/t31-,39-,40-,43-/m0/s1. The Morgan fingerprint density at radius 1 is 0.753 bits per heavy atom. The van der Waals surface area contributed by atoms with Crippen molar-refractivity contribution in [1.29, 1.82) is 0 Å². The van der Waals surface area contributed by atoms with Crippen molar-refractivity contribution >= 4 is 48.0 Å². The summed E-state index contributed by atoms with van der Waals surface area (Å²) in [6.07, 6.45) is -2.29. The van der Waals surface area contributed by atoms with Crippen molar-refractivity contribution < 1.29 is 67.1 Å². The number of carboxylic acid groups (broad SMARTS) is 1. The molecule has 1 aliphatic heterocycles. The molecule has 4 bridgehead atoms. The first-order chi connectivity index (χ1) is 35.6. The molecular formula is C56H71N7O14. The van der Waals surface area contributed by atoms with Crippen molar-refractivity contribution in [3.8, 4) is 34.0 Å². The second-order valence-corrected chi connectivity index (χ2v) is 22.7. The third-order valence-electron chi connectivity index (χ3n) is 11.5. The number of carbonyl (C=O) groups excluding carboxylic acids is 7. The zero-order valence-electron chi connectivity index (χ0n) is 46.4. The van der Waals surface area contributed by atoms with E-state index in [4.69, 9.17) is 23.7 Å². The van der Waals surface area contributed by atoms with Gasteiger partial charge in [-0.2, -0.15) is 0 Å². The number of aryl methyl sites for hydroxylation is 1. The second kappa shape index (κ2) is 23.8. The predicted molar refractivity (Wildman–Crippen MR) is 283 cm³/mol. The SMILES string of the molecule is Cc1nc(-c2ccc(C(C)(C)C)cc2)ncc1C(=O)N[C@@H](CCNC(=O)OC(C)(C)C)C(=O)N(C)[C@@H]1C(=O)N[C@@H](C)C(=O)N[C@H](C(=O)O)Cc2ccc(OC(=O)OC(C)(C)C)c(c2)-c2cc1ccc2OC(=O)OC(C)(C)C. The number of aliphatic carboxylic acids is 1. The number of nitrogens with zero attached hydrogens (tertiary/aromatic N) is 3. The number of nitrogens with one attached hydrogen (secondary N) is 4. The van der Waals surface area contributed by atoms with Gasteiger partial charge in [0.1, 0.15) is 52.5 Å². The number of amides is 5. The lowest BCUT2D eigenvalue weighted by molar-refractivity contribution is -0.143. The lowest BCUT2D eigenvalue weighted by Gasteiger charge is -2.32. The van der Waals surface area contributed by atoms with Gasteiger partial charge in [0.05, 0.1) is 11.3 Å². The van der Waals surface area contributed by atoms with Crippen LogP contribution in [0.25, 0.3) is 22.5 Å². The van der Waals surface area contributed by atoms with Crippen molar-refractivity contribution in [3.05, 3.63) is 94.8 Å². The highest BCUT2D eigenvalue weighted by atomic mass is 16.7.